The molecule has 2 rings (SSSR count). The molecule has 0 fully saturated rings. The molecule has 22 heavy (non-hydrogen) atoms. The van der Waals surface area contributed by atoms with Crippen LogP contribution in [0.2, 0.25) is 0 Å². The molecule has 2 N–H and O–H groups in total. The van der Waals surface area contributed by atoms with Gasteiger partial charge in [-0.3, -0.25) is 4.79 Å². The maximum Gasteiger partial charge on any atom is 0.249 e. The number of amides is 1. The summed E-state index contributed by atoms with van der Waals surface area (Å²) < 4.78 is 18.4. The van der Waals surface area contributed by atoms with Gasteiger partial charge in [-0.05, 0) is 44.7 Å². The topological polar surface area (TPSA) is 80.0 Å². The third kappa shape index (κ3) is 3.88. The van der Waals surface area contributed by atoms with E-state index >= 15 is 0 Å². The molecule has 118 valence electrons. The van der Waals surface area contributed by atoms with Gasteiger partial charge in [-0.15, -0.1) is 0 Å². The Kier molecular flexibility index (Phi) is 5.21. The zero-order valence-electron chi connectivity index (χ0n) is 12.8. The SMILES string of the molecule is CNCCC(=O)NC(C)c1nc(-c2ccc(F)c(C)c2)no1. The summed E-state index contributed by atoms with van der Waals surface area (Å²) in [6.07, 6.45) is 0.374. The molecule has 2 aromatic rings. The number of benzene rings is 1. The van der Waals surface area contributed by atoms with Crippen LogP contribution in [0.3, 0.4) is 0 Å². The summed E-state index contributed by atoms with van der Waals surface area (Å²) in [5, 5.41) is 9.56. The van der Waals surface area contributed by atoms with Gasteiger partial charge in [-0.25, -0.2) is 4.39 Å². The van der Waals surface area contributed by atoms with Crippen LogP contribution in [0.4, 0.5) is 4.39 Å². The molecule has 1 aromatic carbocycles. The van der Waals surface area contributed by atoms with Crippen LogP contribution < -0.4 is 10.6 Å². The molecule has 1 unspecified atom stereocenters. The molecule has 1 atom stereocenters. The first-order valence-corrected chi connectivity index (χ1v) is 7.05. The van der Waals surface area contributed by atoms with Crippen LogP contribution >= 0.6 is 0 Å². The molecule has 0 aliphatic carbocycles. The summed E-state index contributed by atoms with van der Waals surface area (Å²) in [5.41, 5.74) is 1.18. The highest BCUT2D eigenvalue weighted by molar-refractivity contribution is 5.76. The number of carbonyl (C=O) groups is 1. The van der Waals surface area contributed by atoms with Gasteiger partial charge in [-0.2, -0.15) is 4.98 Å². The molecule has 0 saturated carbocycles. The largest absolute Gasteiger partial charge is 0.345 e. The Morgan fingerprint density at radius 3 is 2.91 bits per heavy atom. The van der Waals surface area contributed by atoms with Crippen molar-refractivity contribution >= 4 is 5.91 Å². The summed E-state index contributed by atoms with van der Waals surface area (Å²) in [6, 6.07) is 4.23. The van der Waals surface area contributed by atoms with Crippen molar-refractivity contribution < 1.29 is 13.7 Å². The van der Waals surface area contributed by atoms with Crippen LogP contribution in [-0.4, -0.2) is 29.6 Å². The lowest BCUT2D eigenvalue weighted by Gasteiger charge is -2.09. The van der Waals surface area contributed by atoms with Crippen molar-refractivity contribution in [3.63, 3.8) is 0 Å². The molecule has 6 nitrogen and oxygen atoms in total. The van der Waals surface area contributed by atoms with Gasteiger partial charge < -0.3 is 15.2 Å². The zero-order valence-corrected chi connectivity index (χ0v) is 12.8. The number of nitrogens with one attached hydrogen (secondary N) is 2. The van der Waals surface area contributed by atoms with Gasteiger partial charge in [0.25, 0.3) is 0 Å². The maximum atomic E-state index is 13.3. The zero-order chi connectivity index (χ0) is 16.1. The first kappa shape index (κ1) is 16.1. The first-order chi connectivity index (χ1) is 10.5. The molecule has 0 aliphatic heterocycles. The highest BCUT2D eigenvalue weighted by Crippen LogP contribution is 2.21. The van der Waals surface area contributed by atoms with E-state index < -0.39 is 0 Å². The lowest BCUT2D eigenvalue weighted by molar-refractivity contribution is -0.121. The minimum atomic E-state index is -0.382. The fourth-order valence-corrected chi connectivity index (χ4v) is 1.93. The quantitative estimate of drug-likeness (QED) is 0.853. The van der Waals surface area contributed by atoms with Gasteiger partial charge >= 0.3 is 0 Å². The van der Waals surface area contributed by atoms with Crippen molar-refractivity contribution in [2.45, 2.75) is 26.3 Å². The van der Waals surface area contributed by atoms with Crippen molar-refractivity contribution in [3.05, 3.63) is 35.5 Å². The number of aromatic nitrogens is 2. The standard InChI is InChI=1S/C15H19FN4O2/c1-9-8-11(4-5-12(9)16)14-19-15(22-20-14)10(2)18-13(21)6-7-17-3/h4-5,8,10,17H,6-7H2,1-3H3,(H,18,21). The van der Waals surface area contributed by atoms with Crippen molar-refractivity contribution in [1.29, 1.82) is 0 Å². The average molecular weight is 306 g/mol. The Hall–Kier alpha value is -2.28. The molecule has 1 aromatic heterocycles. The normalized spacial score (nSPS) is 12.2. The van der Waals surface area contributed by atoms with Crippen molar-refractivity contribution in [3.8, 4) is 11.4 Å². The number of aryl methyl sites for hydroxylation is 1. The average Bonchev–Trinajstić information content (AvgIpc) is 2.98. The molecule has 1 heterocycles. The Morgan fingerprint density at radius 1 is 1.45 bits per heavy atom. The fourth-order valence-electron chi connectivity index (χ4n) is 1.93. The fraction of sp³-hybridized carbons (Fsp3) is 0.400. The molecule has 0 spiro atoms. The molecule has 0 bridgehead atoms. The first-order valence-electron chi connectivity index (χ1n) is 7.05. The van der Waals surface area contributed by atoms with Crippen LogP contribution in [0, 0.1) is 12.7 Å². The van der Waals surface area contributed by atoms with Crippen LogP contribution in [0.25, 0.3) is 11.4 Å². The molecule has 7 heteroatoms. The monoisotopic (exact) mass is 306 g/mol. The summed E-state index contributed by atoms with van der Waals surface area (Å²) in [6.45, 7) is 4.04. The Bertz CT molecular complexity index is 657. The smallest absolute Gasteiger partial charge is 0.249 e. The highest BCUT2D eigenvalue weighted by Gasteiger charge is 2.17. The molecule has 0 saturated heterocycles. The Morgan fingerprint density at radius 2 is 2.23 bits per heavy atom. The van der Waals surface area contributed by atoms with E-state index in [1.807, 2.05) is 0 Å². The van der Waals surface area contributed by atoms with E-state index in [1.165, 1.54) is 6.07 Å². The lowest BCUT2D eigenvalue weighted by atomic mass is 10.1. The predicted molar refractivity (Wildman–Crippen MR) is 79.5 cm³/mol. The van der Waals surface area contributed by atoms with Gasteiger partial charge in [-0.1, -0.05) is 5.16 Å². The second-order valence-electron chi connectivity index (χ2n) is 5.06. The number of carbonyl (C=O) groups excluding carboxylic acids is 1. The van der Waals surface area contributed by atoms with Crippen molar-refractivity contribution in [2.75, 3.05) is 13.6 Å². The second-order valence-corrected chi connectivity index (χ2v) is 5.06. The van der Waals surface area contributed by atoms with Gasteiger partial charge in [0.05, 0.1) is 0 Å². The number of halogens is 1. The van der Waals surface area contributed by atoms with Crippen molar-refractivity contribution in [2.24, 2.45) is 0 Å². The number of hydrogen-bond donors (Lipinski definition) is 2. The third-order valence-electron chi connectivity index (χ3n) is 3.21. The van der Waals surface area contributed by atoms with Crippen LogP contribution in [0.5, 0.6) is 0 Å². The van der Waals surface area contributed by atoms with E-state index in [0.29, 0.717) is 35.8 Å². The van der Waals surface area contributed by atoms with E-state index in [4.69, 9.17) is 4.52 Å². The highest BCUT2D eigenvalue weighted by atomic mass is 19.1. The van der Waals surface area contributed by atoms with E-state index in [1.54, 1.807) is 33.0 Å². The minimum absolute atomic E-state index is 0.0979. The van der Waals surface area contributed by atoms with Crippen LogP contribution in [0.1, 0.15) is 30.8 Å². The summed E-state index contributed by atoms with van der Waals surface area (Å²) in [4.78, 5) is 15.9. The number of hydrogen-bond acceptors (Lipinski definition) is 5. The summed E-state index contributed by atoms with van der Waals surface area (Å²) in [5.74, 6) is 0.307. The summed E-state index contributed by atoms with van der Waals surface area (Å²) in [7, 11) is 1.78. The summed E-state index contributed by atoms with van der Waals surface area (Å²) >= 11 is 0. The molecule has 0 radical (unpaired) electrons. The third-order valence-corrected chi connectivity index (χ3v) is 3.21. The van der Waals surface area contributed by atoms with E-state index in [9.17, 15) is 9.18 Å². The molecular formula is C15H19FN4O2. The van der Waals surface area contributed by atoms with E-state index in [-0.39, 0.29) is 17.8 Å². The second kappa shape index (κ2) is 7.13. The van der Waals surface area contributed by atoms with Gasteiger partial charge in [0.1, 0.15) is 11.9 Å². The number of rotatable bonds is 6. The maximum absolute atomic E-state index is 13.3. The van der Waals surface area contributed by atoms with Gasteiger partial charge in [0, 0.05) is 18.5 Å². The van der Waals surface area contributed by atoms with Gasteiger partial charge in [0.2, 0.25) is 17.6 Å². The van der Waals surface area contributed by atoms with Crippen LogP contribution in [-0.2, 0) is 4.79 Å². The van der Waals surface area contributed by atoms with Gasteiger partial charge in [0.15, 0.2) is 0 Å². The predicted octanol–water partition coefficient (Wildman–Crippen LogP) is 1.97. The van der Waals surface area contributed by atoms with E-state index in [0.717, 1.165) is 0 Å². The van der Waals surface area contributed by atoms with Crippen molar-refractivity contribution in [1.82, 2.24) is 20.8 Å². The van der Waals surface area contributed by atoms with Crippen LogP contribution in [0.15, 0.2) is 22.7 Å². The molecular weight excluding hydrogens is 287 g/mol. The minimum Gasteiger partial charge on any atom is -0.345 e. The lowest BCUT2D eigenvalue weighted by Crippen LogP contribution is -2.29. The Labute approximate surface area is 128 Å². The Balaban J connectivity index is 2.07. The van der Waals surface area contributed by atoms with E-state index in [2.05, 4.69) is 20.8 Å². The molecule has 1 amide bonds. The number of nitrogens with zero attached hydrogens (tertiary/aromatic N) is 2. The molecule has 0 aliphatic rings.